The van der Waals surface area contributed by atoms with Gasteiger partial charge in [0.05, 0.1) is 5.71 Å². The Hall–Kier alpha value is -0.530. The van der Waals surface area contributed by atoms with Crippen LogP contribution < -0.4 is 0 Å². The van der Waals surface area contributed by atoms with Crippen LogP contribution in [0.3, 0.4) is 0 Å². The van der Waals surface area contributed by atoms with Crippen molar-refractivity contribution >= 4 is 5.71 Å². The summed E-state index contributed by atoms with van der Waals surface area (Å²) in [4.78, 5) is 0. The molecule has 0 radical (unpaired) electrons. The molecule has 1 atom stereocenters. The normalized spacial score (nSPS) is 15.3. The summed E-state index contributed by atoms with van der Waals surface area (Å²) in [5, 5.41) is 11.7. The SMILES string of the molecule is CC/C(CC(C)CC)=N/O. The van der Waals surface area contributed by atoms with Crippen LogP contribution in [0.25, 0.3) is 0 Å². The fourth-order valence-electron chi connectivity index (χ4n) is 0.802. The Morgan fingerprint density at radius 3 is 2.40 bits per heavy atom. The topological polar surface area (TPSA) is 32.6 Å². The van der Waals surface area contributed by atoms with Crippen molar-refractivity contribution in [2.24, 2.45) is 11.1 Å². The molecule has 0 aliphatic carbocycles. The van der Waals surface area contributed by atoms with Gasteiger partial charge in [0.2, 0.25) is 0 Å². The zero-order valence-corrected chi connectivity index (χ0v) is 7.09. The minimum Gasteiger partial charge on any atom is -0.411 e. The number of hydrogen-bond acceptors (Lipinski definition) is 2. The van der Waals surface area contributed by atoms with E-state index in [4.69, 9.17) is 5.21 Å². The number of nitrogens with zero attached hydrogens (tertiary/aromatic N) is 1. The smallest absolute Gasteiger partial charge is 0.0570 e. The molecule has 10 heavy (non-hydrogen) atoms. The monoisotopic (exact) mass is 143 g/mol. The molecular formula is C8H17NO. The van der Waals surface area contributed by atoms with Crippen LogP contribution in [-0.4, -0.2) is 10.9 Å². The van der Waals surface area contributed by atoms with Crippen LogP contribution in [0.2, 0.25) is 0 Å². The highest BCUT2D eigenvalue weighted by Crippen LogP contribution is 2.08. The van der Waals surface area contributed by atoms with Crippen molar-refractivity contribution in [3.63, 3.8) is 0 Å². The summed E-state index contributed by atoms with van der Waals surface area (Å²) in [6.45, 7) is 6.33. The standard InChI is InChI=1S/C8H17NO/c1-4-7(3)6-8(5-2)9-10/h7,10H,4-6H2,1-3H3/b9-8-. The number of hydrogen-bond donors (Lipinski definition) is 1. The lowest BCUT2D eigenvalue weighted by atomic mass is 10.0. The van der Waals surface area contributed by atoms with Crippen molar-refractivity contribution < 1.29 is 5.21 Å². The van der Waals surface area contributed by atoms with E-state index in [0.29, 0.717) is 5.92 Å². The zero-order valence-electron chi connectivity index (χ0n) is 7.09. The predicted octanol–water partition coefficient (Wildman–Crippen LogP) is 2.66. The number of oxime groups is 1. The maximum atomic E-state index is 8.46. The molecule has 0 heterocycles. The van der Waals surface area contributed by atoms with E-state index in [-0.39, 0.29) is 0 Å². The third-order valence-electron chi connectivity index (χ3n) is 1.83. The molecule has 0 aromatic carbocycles. The first-order chi connectivity index (χ1) is 4.74. The molecule has 0 saturated heterocycles. The summed E-state index contributed by atoms with van der Waals surface area (Å²) in [5.74, 6) is 0.644. The molecule has 0 aromatic heterocycles. The van der Waals surface area contributed by atoms with Gasteiger partial charge in [0.15, 0.2) is 0 Å². The fourth-order valence-corrected chi connectivity index (χ4v) is 0.802. The Kier molecular flexibility index (Phi) is 4.99. The van der Waals surface area contributed by atoms with Gasteiger partial charge in [0, 0.05) is 0 Å². The molecule has 0 spiro atoms. The summed E-state index contributed by atoms with van der Waals surface area (Å²) < 4.78 is 0. The molecule has 0 bridgehead atoms. The Labute approximate surface area is 62.9 Å². The van der Waals surface area contributed by atoms with Gasteiger partial charge in [-0.3, -0.25) is 0 Å². The van der Waals surface area contributed by atoms with Crippen LogP contribution in [-0.2, 0) is 0 Å². The molecule has 0 aromatic rings. The quantitative estimate of drug-likeness (QED) is 0.366. The fraction of sp³-hybridized carbons (Fsp3) is 0.875. The third-order valence-corrected chi connectivity index (χ3v) is 1.83. The van der Waals surface area contributed by atoms with E-state index in [9.17, 15) is 0 Å². The maximum absolute atomic E-state index is 8.46. The summed E-state index contributed by atoms with van der Waals surface area (Å²) in [6, 6.07) is 0. The Morgan fingerprint density at radius 1 is 1.50 bits per heavy atom. The predicted molar refractivity (Wildman–Crippen MR) is 43.6 cm³/mol. The van der Waals surface area contributed by atoms with E-state index in [1.54, 1.807) is 0 Å². The largest absolute Gasteiger partial charge is 0.411 e. The van der Waals surface area contributed by atoms with Crippen molar-refractivity contribution in [1.29, 1.82) is 0 Å². The second-order valence-electron chi connectivity index (χ2n) is 2.74. The van der Waals surface area contributed by atoms with Gasteiger partial charge in [0.1, 0.15) is 0 Å². The molecule has 0 saturated carbocycles. The number of rotatable bonds is 4. The van der Waals surface area contributed by atoms with Gasteiger partial charge in [-0.05, 0) is 18.8 Å². The highest BCUT2D eigenvalue weighted by molar-refractivity contribution is 5.83. The Balaban J connectivity index is 3.64. The molecule has 0 rings (SSSR count). The van der Waals surface area contributed by atoms with E-state index >= 15 is 0 Å². The molecule has 2 heteroatoms. The van der Waals surface area contributed by atoms with Gasteiger partial charge in [-0.25, -0.2) is 0 Å². The Morgan fingerprint density at radius 2 is 2.10 bits per heavy atom. The second-order valence-corrected chi connectivity index (χ2v) is 2.74. The van der Waals surface area contributed by atoms with Crippen molar-refractivity contribution in [2.45, 2.75) is 40.0 Å². The van der Waals surface area contributed by atoms with Crippen LogP contribution in [0.5, 0.6) is 0 Å². The summed E-state index contributed by atoms with van der Waals surface area (Å²) in [6.07, 6.45) is 2.95. The molecule has 60 valence electrons. The highest BCUT2D eigenvalue weighted by Gasteiger charge is 2.02. The first kappa shape index (κ1) is 9.47. The van der Waals surface area contributed by atoms with E-state index in [2.05, 4.69) is 19.0 Å². The first-order valence-electron chi connectivity index (χ1n) is 3.94. The summed E-state index contributed by atoms with van der Waals surface area (Å²) >= 11 is 0. The maximum Gasteiger partial charge on any atom is 0.0570 e. The average molecular weight is 143 g/mol. The lowest BCUT2D eigenvalue weighted by molar-refractivity contribution is 0.315. The minimum atomic E-state index is 0.644. The zero-order chi connectivity index (χ0) is 7.98. The third kappa shape index (κ3) is 3.49. The van der Waals surface area contributed by atoms with Gasteiger partial charge in [0.25, 0.3) is 0 Å². The van der Waals surface area contributed by atoms with Crippen LogP contribution in [0.1, 0.15) is 40.0 Å². The summed E-state index contributed by atoms with van der Waals surface area (Å²) in [5.41, 5.74) is 0.911. The van der Waals surface area contributed by atoms with E-state index in [1.165, 1.54) is 0 Å². The van der Waals surface area contributed by atoms with Gasteiger partial charge in [-0.15, -0.1) is 0 Å². The van der Waals surface area contributed by atoms with Gasteiger partial charge in [-0.2, -0.15) is 0 Å². The van der Waals surface area contributed by atoms with E-state index in [1.807, 2.05) is 6.92 Å². The molecule has 0 aliphatic rings. The van der Waals surface area contributed by atoms with Gasteiger partial charge in [-0.1, -0.05) is 32.3 Å². The highest BCUT2D eigenvalue weighted by atomic mass is 16.4. The van der Waals surface area contributed by atoms with Gasteiger partial charge < -0.3 is 5.21 Å². The summed E-state index contributed by atoms with van der Waals surface area (Å²) in [7, 11) is 0. The lowest BCUT2D eigenvalue weighted by Gasteiger charge is -2.06. The lowest BCUT2D eigenvalue weighted by Crippen LogP contribution is -2.03. The van der Waals surface area contributed by atoms with Crippen LogP contribution >= 0.6 is 0 Å². The van der Waals surface area contributed by atoms with Gasteiger partial charge >= 0.3 is 0 Å². The van der Waals surface area contributed by atoms with Crippen molar-refractivity contribution in [2.75, 3.05) is 0 Å². The first-order valence-corrected chi connectivity index (χ1v) is 3.94. The van der Waals surface area contributed by atoms with E-state index < -0.39 is 0 Å². The molecular weight excluding hydrogens is 126 g/mol. The molecule has 0 amide bonds. The van der Waals surface area contributed by atoms with Crippen LogP contribution in [0.4, 0.5) is 0 Å². The van der Waals surface area contributed by atoms with Crippen LogP contribution in [0, 0.1) is 5.92 Å². The minimum absolute atomic E-state index is 0.644. The Bertz CT molecular complexity index is 110. The molecule has 2 nitrogen and oxygen atoms in total. The molecule has 1 N–H and O–H groups in total. The van der Waals surface area contributed by atoms with Crippen molar-refractivity contribution in [3.8, 4) is 0 Å². The van der Waals surface area contributed by atoms with E-state index in [0.717, 1.165) is 25.0 Å². The second kappa shape index (κ2) is 5.27. The molecule has 1 unspecified atom stereocenters. The van der Waals surface area contributed by atoms with Crippen LogP contribution in [0.15, 0.2) is 5.16 Å². The molecule has 0 aliphatic heterocycles. The average Bonchev–Trinajstić information content (AvgIpc) is 1.99. The molecule has 0 fully saturated rings. The van der Waals surface area contributed by atoms with Crippen molar-refractivity contribution in [1.82, 2.24) is 0 Å². The van der Waals surface area contributed by atoms with Crippen molar-refractivity contribution in [3.05, 3.63) is 0 Å².